The van der Waals surface area contributed by atoms with Gasteiger partial charge in [0.2, 0.25) is 5.91 Å². The van der Waals surface area contributed by atoms with Crippen molar-refractivity contribution in [2.45, 2.75) is 63.2 Å². The first-order chi connectivity index (χ1) is 22.6. The molecule has 2 aliphatic heterocycles. The van der Waals surface area contributed by atoms with Crippen LogP contribution in [0.4, 0.5) is 4.39 Å². The minimum atomic E-state index is -2.27. The van der Waals surface area contributed by atoms with Crippen molar-refractivity contribution in [2.24, 2.45) is 0 Å². The zero-order chi connectivity index (χ0) is 33.8. The highest BCUT2D eigenvalue weighted by molar-refractivity contribution is 5.83. The second kappa shape index (κ2) is 17.6. The fourth-order valence-electron chi connectivity index (χ4n) is 5.32. The van der Waals surface area contributed by atoms with Crippen molar-refractivity contribution in [1.29, 1.82) is 0 Å². The molecule has 0 radical (unpaired) electrons. The topological polar surface area (TPSA) is 188 Å². The first kappa shape index (κ1) is 35.6. The minimum Gasteiger partial charge on any atom is -0.479 e. The summed E-state index contributed by atoms with van der Waals surface area (Å²) >= 11 is 0. The summed E-state index contributed by atoms with van der Waals surface area (Å²) in [4.78, 5) is 37.6. The predicted octanol–water partition coefficient (Wildman–Crippen LogP) is 1.47. The number of hydrogen-bond acceptors (Lipinski definition) is 10. The molecule has 3 heterocycles. The maximum Gasteiger partial charge on any atom is 0.335 e. The highest BCUT2D eigenvalue weighted by atomic mass is 19.1. The molecule has 3 aromatic rings. The second-order valence-electron chi connectivity index (χ2n) is 11.3. The van der Waals surface area contributed by atoms with Gasteiger partial charge in [0.05, 0.1) is 19.6 Å². The van der Waals surface area contributed by atoms with Crippen molar-refractivity contribution < 1.29 is 48.7 Å². The number of carboxylic acids is 2. The Morgan fingerprint density at radius 3 is 1.98 bits per heavy atom. The van der Waals surface area contributed by atoms with E-state index in [0.29, 0.717) is 13.0 Å². The average molecular weight is 658 g/mol. The van der Waals surface area contributed by atoms with E-state index in [2.05, 4.69) is 15.1 Å². The number of carboxylic acid groups (broad SMARTS) is 2. The maximum absolute atomic E-state index is 13.6. The van der Waals surface area contributed by atoms with Crippen LogP contribution >= 0.6 is 0 Å². The number of benzene rings is 2. The third-order valence-corrected chi connectivity index (χ3v) is 7.98. The van der Waals surface area contributed by atoms with Crippen LogP contribution in [-0.4, -0.2) is 120 Å². The summed E-state index contributed by atoms with van der Waals surface area (Å²) in [6.07, 6.45) is 2.63. The number of hydrogen-bond donors (Lipinski definition) is 4. The summed E-state index contributed by atoms with van der Waals surface area (Å²) in [6, 6.07) is 14.5. The van der Waals surface area contributed by atoms with Crippen LogP contribution in [0.2, 0.25) is 0 Å². The molecule has 2 aliphatic rings. The van der Waals surface area contributed by atoms with Crippen molar-refractivity contribution in [2.75, 3.05) is 32.8 Å². The molecule has 254 valence electrons. The number of halogens is 1. The Bertz CT molecular complexity index is 1390. The van der Waals surface area contributed by atoms with E-state index in [1.54, 1.807) is 24.8 Å². The molecule has 0 spiro atoms. The van der Waals surface area contributed by atoms with Gasteiger partial charge in [-0.25, -0.2) is 14.0 Å². The van der Waals surface area contributed by atoms with Gasteiger partial charge in [0.15, 0.2) is 18.5 Å². The summed E-state index contributed by atoms with van der Waals surface area (Å²) in [5.41, 5.74) is 2.84. The van der Waals surface area contributed by atoms with Crippen LogP contribution in [0.1, 0.15) is 36.8 Å². The first-order valence-corrected chi connectivity index (χ1v) is 15.4. The van der Waals surface area contributed by atoms with Gasteiger partial charge in [-0.1, -0.05) is 24.3 Å². The molecule has 2 saturated heterocycles. The predicted molar refractivity (Wildman–Crippen MR) is 164 cm³/mol. The number of carbonyl (C=O) groups excluding carboxylic acids is 1. The Hall–Kier alpha value is -4.28. The molecule has 2 atom stereocenters. The molecule has 47 heavy (non-hydrogen) atoms. The Morgan fingerprint density at radius 2 is 1.43 bits per heavy atom. The second-order valence-corrected chi connectivity index (χ2v) is 11.3. The number of piperidine rings is 1. The van der Waals surface area contributed by atoms with Crippen LogP contribution < -0.4 is 0 Å². The Balaban J connectivity index is 0.000000434. The molecule has 1 aromatic heterocycles. The third-order valence-electron chi connectivity index (χ3n) is 7.98. The van der Waals surface area contributed by atoms with Gasteiger partial charge in [-0.3, -0.25) is 9.36 Å². The Morgan fingerprint density at radius 1 is 0.872 bits per heavy atom. The monoisotopic (exact) mass is 657 g/mol. The third kappa shape index (κ3) is 10.9. The molecule has 1 amide bonds. The van der Waals surface area contributed by atoms with Gasteiger partial charge >= 0.3 is 11.9 Å². The zero-order valence-corrected chi connectivity index (χ0v) is 25.8. The fraction of sp³-hybridized carbons (Fsp3) is 0.469. The van der Waals surface area contributed by atoms with Gasteiger partial charge in [0, 0.05) is 44.3 Å². The van der Waals surface area contributed by atoms with Gasteiger partial charge in [-0.2, -0.15) is 0 Å². The number of nitrogens with zero attached hydrogens (tertiary/aromatic N) is 5. The number of ether oxygens (including phenoxy) is 2. The lowest BCUT2D eigenvalue weighted by molar-refractivity contribution is -0.183. The molecular weight excluding hydrogens is 617 g/mol. The largest absolute Gasteiger partial charge is 0.479 e. The van der Waals surface area contributed by atoms with Gasteiger partial charge < -0.3 is 39.7 Å². The summed E-state index contributed by atoms with van der Waals surface area (Å²) in [7, 11) is 0. The van der Waals surface area contributed by atoms with Crippen LogP contribution in [0.15, 0.2) is 61.2 Å². The van der Waals surface area contributed by atoms with Crippen molar-refractivity contribution in [1.82, 2.24) is 24.6 Å². The van der Waals surface area contributed by atoms with Crippen LogP contribution in [0.5, 0.6) is 0 Å². The van der Waals surface area contributed by atoms with Crippen molar-refractivity contribution >= 4 is 17.8 Å². The molecule has 2 fully saturated rings. The molecule has 14 nitrogen and oxygen atoms in total. The van der Waals surface area contributed by atoms with Crippen LogP contribution in [0.3, 0.4) is 0 Å². The van der Waals surface area contributed by atoms with Crippen LogP contribution in [-0.2, 0) is 36.8 Å². The van der Waals surface area contributed by atoms with Crippen molar-refractivity contribution in [3.8, 4) is 5.69 Å². The highest BCUT2D eigenvalue weighted by Gasteiger charge is 2.30. The molecule has 0 aliphatic carbocycles. The molecule has 15 heteroatoms. The highest BCUT2D eigenvalue weighted by Crippen LogP contribution is 2.22. The summed E-state index contributed by atoms with van der Waals surface area (Å²) in [5, 5.41) is 40.2. The number of aliphatic carboxylic acids is 2. The smallest absolute Gasteiger partial charge is 0.335 e. The van der Waals surface area contributed by atoms with Gasteiger partial charge in [0.1, 0.15) is 18.5 Å². The Kier molecular flexibility index (Phi) is 13.3. The van der Waals surface area contributed by atoms with E-state index in [-0.39, 0.29) is 24.1 Å². The molecule has 4 N–H and O–H groups in total. The SMILES string of the molecule is O=C(Cc1ccc(-n2cnnc2)cc1)N(Cc1ccc(F)cc1)C1CCN(CCC2OCCCO2)CC1.O=C(O)[C@H](O)[C@@H](O)C(=O)O. The Labute approximate surface area is 271 Å². The minimum absolute atomic E-state index is 0.0869. The van der Waals surface area contributed by atoms with E-state index in [0.717, 1.165) is 75.3 Å². The van der Waals surface area contributed by atoms with E-state index >= 15 is 0 Å². The van der Waals surface area contributed by atoms with E-state index in [1.807, 2.05) is 33.7 Å². The summed E-state index contributed by atoms with van der Waals surface area (Å²) < 4.78 is 26.7. The number of carbonyl (C=O) groups is 3. The van der Waals surface area contributed by atoms with Gasteiger partial charge in [-0.15, -0.1) is 10.2 Å². The lowest BCUT2D eigenvalue weighted by atomic mass is 10.0. The summed E-state index contributed by atoms with van der Waals surface area (Å²) in [5.74, 6) is -3.72. The lowest BCUT2D eigenvalue weighted by Crippen LogP contribution is -2.48. The maximum atomic E-state index is 13.6. The van der Waals surface area contributed by atoms with E-state index < -0.39 is 24.1 Å². The number of rotatable bonds is 12. The molecule has 0 unspecified atom stereocenters. The van der Waals surface area contributed by atoms with Crippen molar-refractivity contribution in [3.63, 3.8) is 0 Å². The molecule has 5 rings (SSSR count). The van der Waals surface area contributed by atoms with Gasteiger partial charge in [-0.05, 0) is 54.7 Å². The molecule has 0 saturated carbocycles. The van der Waals surface area contributed by atoms with Crippen LogP contribution in [0.25, 0.3) is 5.69 Å². The number of aliphatic hydroxyl groups excluding tert-OH is 2. The fourth-order valence-corrected chi connectivity index (χ4v) is 5.32. The molecule has 0 bridgehead atoms. The normalized spacial score (nSPS) is 17.3. The quantitative estimate of drug-likeness (QED) is 0.220. The van der Waals surface area contributed by atoms with Gasteiger partial charge in [0.25, 0.3) is 0 Å². The average Bonchev–Trinajstić information content (AvgIpc) is 3.63. The molecule has 2 aromatic carbocycles. The summed E-state index contributed by atoms with van der Waals surface area (Å²) in [6.45, 7) is 4.82. The number of aromatic nitrogens is 3. The number of aliphatic hydroxyl groups is 2. The number of amides is 1. The standard InChI is InChI=1S/C28H34FN5O3.C4H6O6/c29-24-6-2-23(3-7-24)19-34(26-10-13-32(14-11-26)15-12-28-36-16-1-17-37-28)27(35)18-22-4-8-25(9-5-22)33-20-30-31-21-33;5-1(3(7)8)2(6)4(9)10/h2-9,20-21,26,28H,1,10-19H2;1-2,5-6H,(H,7,8)(H,9,10)/t;1-,2-/m.1/s1. The van der Waals surface area contributed by atoms with Crippen LogP contribution in [0, 0.1) is 5.82 Å². The van der Waals surface area contributed by atoms with E-state index in [9.17, 15) is 18.8 Å². The lowest BCUT2D eigenvalue weighted by Gasteiger charge is -2.39. The van der Waals surface area contributed by atoms with E-state index in [1.165, 1.54) is 12.1 Å². The van der Waals surface area contributed by atoms with Crippen molar-refractivity contribution in [3.05, 3.63) is 78.1 Å². The number of likely N-dealkylation sites (tertiary alicyclic amines) is 1. The van der Waals surface area contributed by atoms with E-state index in [4.69, 9.17) is 29.9 Å². The molecular formula is C32H40FN5O9. The first-order valence-electron chi connectivity index (χ1n) is 15.4. The zero-order valence-electron chi connectivity index (χ0n) is 25.8.